The Morgan fingerprint density at radius 3 is 2.45 bits per heavy atom. The monoisotopic (exact) mass is 457 g/mol. The van der Waals surface area contributed by atoms with Gasteiger partial charge in [0, 0.05) is 18.7 Å². The Hall–Kier alpha value is -2.29. The molecule has 1 aliphatic carbocycles. The first kappa shape index (κ1) is 21.9. The quantitative estimate of drug-likeness (QED) is 0.577. The third-order valence-electron chi connectivity index (χ3n) is 5.93. The maximum absolute atomic E-state index is 13.0. The smallest absolute Gasteiger partial charge is 0.257 e. The van der Waals surface area contributed by atoms with Gasteiger partial charge in [-0.2, -0.15) is 4.31 Å². The number of fused-ring (bicyclic) bond motifs is 1. The number of rotatable bonds is 5. The lowest BCUT2D eigenvalue weighted by Crippen LogP contribution is -2.38. The highest BCUT2D eigenvalue weighted by Gasteiger charge is 2.29. The van der Waals surface area contributed by atoms with Crippen molar-refractivity contribution in [2.75, 3.05) is 12.4 Å². The van der Waals surface area contributed by atoms with Gasteiger partial charge in [0.1, 0.15) is 0 Å². The number of hydrogen-bond acceptors (Lipinski definition) is 5. The van der Waals surface area contributed by atoms with Gasteiger partial charge in [-0.25, -0.2) is 13.4 Å². The molecule has 0 radical (unpaired) electrons. The Morgan fingerprint density at radius 1 is 1.10 bits per heavy atom. The van der Waals surface area contributed by atoms with Gasteiger partial charge in [-0.3, -0.25) is 10.1 Å². The van der Waals surface area contributed by atoms with Crippen molar-refractivity contribution in [1.82, 2.24) is 9.29 Å². The number of nitrogens with zero attached hydrogens (tertiary/aromatic N) is 2. The van der Waals surface area contributed by atoms with Crippen molar-refractivity contribution in [3.8, 4) is 0 Å². The second-order valence-electron chi connectivity index (χ2n) is 8.24. The van der Waals surface area contributed by atoms with Gasteiger partial charge in [-0.05, 0) is 68.1 Å². The minimum atomic E-state index is -3.57. The fraction of sp³-hybridized carbons (Fsp3) is 0.391. The summed E-state index contributed by atoms with van der Waals surface area (Å²) in [5.74, 6) is -0.307. The zero-order valence-corrected chi connectivity index (χ0v) is 19.6. The molecule has 1 amide bonds. The number of anilines is 1. The van der Waals surface area contributed by atoms with E-state index >= 15 is 0 Å². The molecule has 0 aliphatic heterocycles. The minimum Gasteiger partial charge on any atom is -0.298 e. The molecule has 8 heteroatoms. The van der Waals surface area contributed by atoms with Crippen molar-refractivity contribution in [1.29, 1.82) is 0 Å². The predicted molar refractivity (Wildman–Crippen MR) is 125 cm³/mol. The number of aryl methyl sites for hydroxylation is 2. The maximum atomic E-state index is 13.0. The molecule has 3 aromatic rings. The second kappa shape index (κ2) is 8.68. The highest BCUT2D eigenvalue weighted by molar-refractivity contribution is 7.89. The van der Waals surface area contributed by atoms with Gasteiger partial charge in [0.25, 0.3) is 5.91 Å². The molecule has 0 spiro atoms. The number of benzene rings is 2. The van der Waals surface area contributed by atoms with Crippen LogP contribution in [0.4, 0.5) is 5.13 Å². The number of sulfonamides is 1. The topological polar surface area (TPSA) is 79.4 Å². The van der Waals surface area contributed by atoms with Crippen molar-refractivity contribution < 1.29 is 13.2 Å². The number of nitrogens with one attached hydrogen (secondary N) is 1. The molecule has 1 N–H and O–H groups in total. The molecule has 1 aromatic heterocycles. The fourth-order valence-electron chi connectivity index (χ4n) is 4.18. The van der Waals surface area contributed by atoms with Crippen molar-refractivity contribution >= 4 is 42.6 Å². The van der Waals surface area contributed by atoms with Crippen LogP contribution in [0.5, 0.6) is 0 Å². The van der Waals surface area contributed by atoms with E-state index in [-0.39, 0.29) is 16.8 Å². The van der Waals surface area contributed by atoms with E-state index in [2.05, 4.69) is 22.4 Å². The van der Waals surface area contributed by atoms with Crippen LogP contribution in [-0.4, -0.2) is 36.7 Å². The summed E-state index contributed by atoms with van der Waals surface area (Å²) in [4.78, 5) is 17.4. The van der Waals surface area contributed by atoms with Crippen molar-refractivity contribution in [3.05, 3.63) is 53.1 Å². The fourth-order valence-corrected chi connectivity index (χ4v) is 6.63. The van der Waals surface area contributed by atoms with Crippen LogP contribution in [0.3, 0.4) is 0 Å². The van der Waals surface area contributed by atoms with Gasteiger partial charge in [0.15, 0.2) is 5.13 Å². The summed E-state index contributed by atoms with van der Waals surface area (Å²) in [5, 5.41) is 3.37. The van der Waals surface area contributed by atoms with E-state index in [1.54, 1.807) is 19.2 Å². The lowest BCUT2D eigenvalue weighted by molar-refractivity contribution is 0.102. The molecule has 0 unspecified atom stereocenters. The highest BCUT2D eigenvalue weighted by Crippen LogP contribution is 2.30. The molecular weight excluding hydrogens is 430 g/mol. The largest absolute Gasteiger partial charge is 0.298 e. The number of carbonyl (C=O) groups excluding carboxylic acids is 1. The van der Waals surface area contributed by atoms with Crippen molar-refractivity contribution in [2.45, 2.75) is 56.9 Å². The van der Waals surface area contributed by atoms with Crippen molar-refractivity contribution in [3.63, 3.8) is 0 Å². The molecule has 0 saturated heterocycles. The SMILES string of the molecule is Cc1cc(C)c2nc(NC(=O)c3ccc(S(=O)(=O)N(C)C4CCCCC4)cc3)sc2c1. The molecule has 6 nitrogen and oxygen atoms in total. The van der Waals surface area contributed by atoms with Crippen LogP contribution in [0.15, 0.2) is 41.3 Å². The predicted octanol–water partition coefficient (Wildman–Crippen LogP) is 5.12. The molecule has 0 atom stereocenters. The summed E-state index contributed by atoms with van der Waals surface area (Å²) >= 11 is 1.43. The summed E-state index contributed by atoms with van der Waals surface area (Å²) in [7, 11) is -1.92. The van der Waals surface area contributed by atoms with Crippen LogP contribution < -0.4 is 5.32 Å². The number of thiazole rings is 1. The standard InChI is InChI=1S/C23H27N3O3S2/c1-15-13-16(2)21-20(14-15)30-23(24-21)25-22(27)17-9-11-19(12-10-17)31(28,29)26(3)18-7-5-4-6-8-18/h9-14,18H,4-8H2,1-3H3,(H,24,25,27). The second-order valence-corrected chi connectivity index (χ2v) is 11.3. The van der Waals surface area contributed by atoms with Crippen LogP contribution in [0.25, 0.3) is 10.2 Å². The van der Waals surface area contributed by atoms with Gasteiger partial charge in [-0.15, -0.1) is 0 Å². The zero-order chi connectivity index (χ0) is 22.2. The molecule has 1 aliphatic rings. The van der Waals surface area contributed by atoms with Crippen LogP contribution in [0.2, 0.25) is 0 Å². The summed E-state index contributed by atoms with van der Waals surface area (Å²) in [6.45, 7) is 4.04. The first-order valence-electron chi connectivity index (χ1n) is 10.5. The number of carbonyl (C=O) groups is 1. The normalized spacial score (nSPS) is 15.5. The lowest BCUT2D eigenvalue weighted by atomic mass is 9.96. The lowest BCUT2D eigenvalue weighted by Gasteiger charge is -2.30. The Balaban J connectivity index is 1.50. The van der Waals surface area contributed by atoms with Gasteiger partial charge < -0.3 is 0 Å². The van der Waals surface area contributed by atoms with E-state index in [4.69, 9.17) is 0 Å². The van der Waals surface area contributed by atoms with Crippen LogP contribution in [0, 0.1) is 13.8 Å². The van der Waals surface area contributed by atoms with E-state index in [1.165, 1.54) is 34.2 Å². The maximum Gasteiger partial charge on any atom is 0.257 e. The van der Waals surface area contributed by atoms with E-state index in [1.807, 2.05) is 13.8 Å². The third-order valence-corrected chi connectivity index (χ3v) is 8.77. The Kier molecular flexibility index (Phi) is 6.14. The zero-order valence-electron chi connectivity index (χ0n) is 18.0. The summed E-state index contributed by atoms with van der Waals surface area (Å²) in [6, 6.07) is 10.3. The molecule has 1 fully saturated rings. The first-order valence-corrected chi connectivity index (χ1v) is 12.8. The molecule has 4 rings (SSSR count). The molecule has 1 saturated carbocycles. The Labute approximate surface area is 187 Å². The molecule has 164 valence electrons. The number of amides is 1. The van der Waals surface area contributed by atoms with Crippen molar-refractivity contribution in [2.24, 2.45) is 0 Å². The molecular formula is C23H27N3O3S2. The van der Waals surface area contributed by atoms with E-state index in [9.17, 15) is 13.2 Å². The van der Waals surface area contributed by atoms with E-state index < -0.39 is 10.0 Å². The van der Waals surface area contributed by atoms with Gasteiger partial charge in [0.05, 0.1) is 15.1 Å². The minimum absolute atomic E-state index is 0.0489. The Morgan fingerprint density at radius 2 is 1.77 bits per heavy atom. The van der Waals surface area contributed by atoms with E-state index in [0.717, 1.165) is 47.0 Å². The third kappa shape index (κ3) is 4.51. The number of hydrogen-bond donors (Lipinski definition) is 1. The number of aromatic nitrogens is 1. The summed E-state index contributed by atoms with van der Waals surface area (Å²) in [6.07, 6.45) is 5.10. The van der Waals surface area contributed by atoms with Crippen LogP contribution in [-0.2, 0) is 10.0 Å². The first-order chi connectivity index (χ1) is 14.8. The van der Waals surface area contributed by atoms with E-state index in [0.29, 0.717) is 10.7 Å². The molecule has 0 bridgehead atoms. The molecule has 2 aromatic carbocycles. The summed E-state index contributed by atoms with van der Waals surface area (Å²) in [5.41, 5.74) is 3.51. The van der Waals surface area contributed by atoms with Gasteiger partial charge in [-0.1, -0.05) is 36.7 Å². The summed E-state index contributed by atoms with van der Waals surface area (Å²) < 4.78 is 28.5. The molecule has 31 heavy (non-hydrogen) atoms. The van der Waals surface area contributed by atoms with Crippen LogP contribution in [0.1, 0.15) is 53.6 Å². The van der Waals surface area contributed by atoms with Gasteiger partial charge in [0.2, 0.25) is 10.0 Å². The molecule has 1 heterocycles. The van der Waals surface area contributed by atoms with Gasteiger partial charge >= 0.3 is 0 Å². The Bertz CT molecular complexity index is 1210. The van der Waals surface area contributed by atoms with Crippen LogP contribution >= 0.6 is 11.3 Å². The average Bonchev–Trinajstić information content (AvgIpc) is 3.16. The highest BCUT2D eigenvalue weighted by atomic mass is 32.2. The average molecular weight is 458 g/mol.